The number of piperazine rings is 1. The van der Waals surface area contributed by atoms with Crippen molar-refractivity contribution < 1.29 is 19.5 Å². The maximum Gasteiger partial charge on any atom is 0.252 e. The van der Waals surface area contributed by atoms with Crippen molar-refractivity contribution in [3.63, 3.8) is 0 Å². The number of aromatic amines is 1. The van der Waals surface area contributed by atoms with Crippen molar-refractivity contribution in [2.45, 2.75) is 13.0 Å². The van der Waals surface area contributed by atoms with E-state index in [1.807, 2.05) is 12.1 Å². The molecule has 0 spiro atoms. The van der Waals surface area contributed by atoms with E-state index in [9.17, 15) is 19.5 Å². The molecule has 10 heteroatoms. The summed E-state index contributed by atoms with van der Waals surface area (Å²) >= 11 is 0. The highest BCUT2D eigenvalue weighted by Crippen LogP contribution is 2.18. The van der Waals surface area contributed by atoms with Crippen LogP contribution < -0.4 is 10.2 Å². The van der Waals surface area contributed by atoms with Gasteiger partial charge in [-0.1, -0.05) is 0 Å². The number of aliphatic hydroxyl groups is 1. The molecule has 1 fully saturated rings. The van der Waals surface area contributed by atoms with E-state index in [0.29, 0.717) is 48.3 Å². The summed E-state index contributed by atoms with van der Waals surface area (Å²) in [4.78, 5) is 40.7. The Bertz CT molecular complexity index is 1130. The number of hydrogen-bond acceptors (Lipinski definition) is 7. The predicted molar refractivity (Wildman–Crippen MR) is 117 cm³/mol. The van der Waals surface area contributed by atoms with Crippen LogP contribution in [0.4, 0.5) is 5.69 Å². The zero-order chi connectivity index (χ0) is 22.7. The average molecular weight is 436 g/mol. The summed E-state index contributed by atoms with van der Waals surface area (Å²) in [6, 6.07) is 11.2. The van der Waals surface area contributed by atoms with Crippen LogP contribution in [0.1, 0.15) is 27.6 Å². The molecule has 2 amide bonds. The van der Waals surface area contributed by atoms with E-state index in [4.69, 9.17) is 0 Å². The fourth-order valence-corrected chi connectivity index (χ4v) is 3.72. The van der Waals surface area contributed by atoms with Gasteiger partial charge in [0, 0.05) is 43.0 Å². The molecule has 1 aliphatic heterocycles. The number of fused-ring (bicyclic) bond motifs is 1. The molecule has 3 N–H and O–H groups in total. The van der Waals surface area contributed by atoms with Crippen LogP contribution in [0.15, 0.2) is 42.5 Å². The van der Waals surface area contributed by atoms with E-state index in [2.05, 4.69) is 25.6 Å². The number of carbonyl (C=O) groups excluding carboxylic acids is 3. The second kappa shape index (κ2) is 9.15. The zero-order valence-corrected chi connectivity index (χ0v) is 17.6. The molecule has 2 heterocycles. The zero-order valence-electron chi connectivity index (χ0n) is 17.6. The van der Waals surface area contributed by atoms with Gasteiger partial charge in [0.1, 0.15) is 17.1 Å². The van der Waals surface area contributed by atoms with E-state index >= 15 is 0 Å². The van der Waals surface area contributed by atoms with Gasteiger partial charge in [-0.25, -0.2) is 0 Å². The van der Waals surface area contributed by atoms with E-state index in [0.717, 1.165) is 5.69 Å². The molecule has 32 heavy (non-hydrogen) atoms. The maximum absolute atomic E-state index is 12.9. The molecule has 0 unspecified atom stereocenters. The number of Topliss-reactive ketones (excluding diaryl/α,β-unsaturated/α-hetero) is 1. The molecule has 1 aromatic heterocycles. The lowest BCUT2D eigenvalue weighted by Crippen LogP contribution is -2.56. The highest BCUT2D eigenvalue weighted by molar-refractivity contribution is 5.99. The molecular weight excluding hydrogens is 412 g/mol. The van der Waals surface area contributed by atoms with Crippen molar-refractivity contribution >= 4 is 34.3 Å². The molecule has 0 aliphatic carbocycles. The molecule has 0 bridgehead atoms. The number of benzene rings is 2. The van der Waals surface area contributed by atoms with Gasteiger partial charge in [-0.15, -0.1) is 0 Å². The normalized spacial score (nSPS) is 14.9. The van der Waals surface area contributed by atoms with Gasteiger partial charge in [0.15, 0.2) is 5.78 Å². The third kappa shape index (κ3) is 4.45. The van der Waals surface area contributed by atoms with Crippen molar-refractivity contribution in [2.24, 2.45) is 0 Å². The van der Waals surface area contributed by atoms with Crippen molar-refractivity contribution in [3.8, 4) is 0 Å². The largest absolute Gasteiger partial charge is 0.394 e. The molecular formula is C22H24N6O4. The molecule has 166 valence electrons. The molecule has 10 nitrogen and oxygen atoms in total. The van der Waals surface area contributed by atoms with Crippen molar-refractivity contribution in [1.29, 1.82) is 0 Å². The van der Waals surface area contributed by atoms with E-state index < -0.39 is 18.6 Å². The Morgan fingerprint density at radius 2 is 1.66 bits per heavy atom. The second-order valence-electron chi connectivity index (χ2n) is 7.65. The first kappa shape index (κ1) is 21.4. The van der Waals surface area contributed by atoms with E-state index in [1.54, 1.807) is 35.2 Å². The second-order valence-corrected chi connectivity index (χ2v) is 7.65. The number of hydrogen-bond donors (Lipinski definition) is 3. The first-order valence-corrected chi connectivity index (χ1v) is 10.3. The van der Waals surface area contributed by atoms with Crippen LogP contribution in [0, 0.1) is 0 Å². The number of anilines is 1. The van der Waals surface area contributed by atoms with Gasteiger partial charge in [0.25, 0.3) is 5.91 Å². The van der Waals surface area contributed by atoms with Crippen LogP contribution in [0.5, 0.6) is 0 Å². The monoisotopic (exact) mass is 436 g/mol. The van der Waals surface area contributed by atoms with Crippen LogP contribution in [0.2, 0.25) is 0 Å². The summed E-state index contributed by atoms with van der Waals surface area (Å²) < 4.78 is 0. The summed E-state index contributed by atoms with van der Waals surface area (Å²) in [5, 5.41) is 22.7. The minimum Gasteiger partial charge on any atom is -0.394 e. The first-order valence-electron chi connectivity index (χ1n) is 10.3. The molecule has 0 saturated carbocycles. The number of carbonyl (C=O) groups is 3. The summed E-state index contributed by atoms with van der Waals surface area (Å²) in [5.41, 5.74) is 3.14. The third-order valence-electron chi connectivity index (χ3n) is 5.59. The van der Waals surface area contributed by atoms with Crippen LogP contribution in [-0.2, 0) is 4.79 Å². The minimum absolute atomic E-state index is 0.0185. The quantitative estimate of drug-likeness (QED) is 0.482. The Morgan fingerprint density at radius 1 is 1.00 bits per heavy atom. The third-order valence-corrected chi connectivity index (χ3v) is 5.59. The Kier molecular flexibility index (Phi) is 6.13. The minimum atomic E-state index is -1.03. The summed E-state index contributed by atoms with van der Waals surface area (Å²) in [7, 11) is 0. The number of rotatable bonds is 6. The van der Waals surface area contributed by atoms with Gasteiger partial charge in [-0.2, -0.15) is 15.4 Å². The van der Waals surface area contributed by atoms with Gasteiger partial charge >= 0.3 is 0 Å². The molecule has 1 atom stereocenters. The molecule has 1 saturated heterocycles. The molecule has 3 aromatic rings. The molecule has 4 rings (SSSR count). The lowest BCUT2D eigenvalue weighted by Gasteiger charge is -2.37. The fourth-order valence-electron chi connectivity index (χ4n) is 3.72. The lowest BCUT2D eigenvalue weighted by atomic mass is 10.1. The average Bonchev–Trinajstić information content (AvgIpc) is 3.30. The highest BCUT2D eigenvalue weighted by atomic mass is 16.3. The molecule has 1 aliphatic rings. The van der Waals surface area contributed by atoms with Gasteiger partial charge in [0.05, 0.1) is 6.61 Å². The standard InChI is InChI=1S/C22H24N6O4/c1-14(30)15-2-5-17(6-3-15)27-8-10-28(11-9-27)22(32)20(13-29)23-21(31)16-4-7-18-19(12-16)25-26-24-18/h2-7,12,20,29H,8-11,13H2,1H3,(H,23,31)(H,24,25,26)/t20-/m0/s1. The highest BCUT2D eigenvalue weighted by Gasteiger charge is 2.28. The predicted octanol–water partition coefficient (Wildman–Crippen LogP) is 0.600. The van der Waals surface area contributed by atoms with Crippen molar-refractivity contribution in [3.05, 3.63) is 53.6 Å². The van der Waals surface area contributed by atoms with E-state index in [1.165, 1.54) is 6.92 Å². The van der Waals surface area contributed by atoms with Crippen molar-refractivity contribution in [2.75, 3.05) is 37.7 Å². The van der Waals surface area contributed by atoms with Gasteiger partial charge in [-0.05, 0) is 49.4 Å². The lowest BCUT2D eigenvalue weighted by molar-refractivity contribution is -0.134. The molecule has 2 aromatic carbocycles. The Balaban J connectivity index is 1.35. The van der Waals surface area contributed by atoms with Gasteiger partial charge < -0.3 is 20.2 Å². The van der Waals surface area contributed by atoms with Gasteiger partial charge in [0.2, 0.25) is 5.91 Å². The number of ketones is 1. The number of aliphatic hydroxyl groups excluding tert-OH is 1. The Morgan fingerprint density at radius 3 is 2.31 bits per heavy atom. The summed E-state index contributed by atoms with van der Waals surface area (Å²) in [6.07, 6.45) is 0. The van der Waals surface area contributed by atoms with Crippen LogP contribution >= 0.6 is 0 Å². The Labute approximate surface area is 184 Å². The number of aromatic nitrogens is 3. The summed E-state index contributed by atoms with van der Waals surface area (Å²) in [5.74, 6) is -0.772. The first-order chi connectivity index (χ1) is 15.5. The maximum atomic E-state index is 12.9. The topological polar surface area (TPSA) is 132 Å². The number of nitrogens with zero attached hydrogens (tertiary/aromatic N) is 4. The number of nitrogens with one attached hydrogen (secondary N) is 2. The number of amides is 2. The van der Waals surface area contributed by atoms with Crippen LogP contribution in [0.25, 0.3) is 11.0 Å². The van der Waals surface area contributed by atoms with Gasteiger partial charge in [-0.3, -0.25) is 14.4 Å². The smallest absolute Gasteiger partial charge is 0.252 e. The Hall–Kier alpha value is -3.79. The molecule has 0 radical (unpaired) electrons. The summed E-state index contributed by atoms with van der Waals surface area (Å²) in [6.45, 7) is 3.18. The number of H-pyrrole nitrogens is 1. The SMILES string of the molecule is CC(=O)c1ccc(N2CCN(C(=O)[C@H](CO)NC(=O)c3ccc4n[nH]nc4c3)CC2)cc1. The van der Waals surface area contributed by atoms with E-state index in [-0.39, 0.29) is 11.7 Å². The van der Waals surface area contributed by atoms with Crippen molar-refractivity contribution in [1.82, 2.24) is 25.6 Å². The fraction of sp³-hybridized carbons (Fsp3) is 0.318. The van der Waals surface area contributed by atoms with Crippen LogP contribution in [0.3, 0.4) is 0 Å². The van der Waals surface area contributed by atoms with Crippen LogP contribution in [-0.4, -0.2) is 81.8 Å².